The minimum Gasteiger partial charge on any atom is -0.490 e. The van der Waals surface area contributed by atoms with Crippen molar-refractivity contribution in [2.45, 2.75) is 26.4 Å². The topological polar surface area (TPSA) is 47.6 Å². The molecule has 0 saturated carbocycles. The van der Waals surface area contributed by atoms with Crippen LogP contribution in [-0.2, 0) is 4.74 Å². The summed E-state index contributed by atoms with van der Waals surface area (Å²) in [6, 6.07) is 1.92. The molecule has 0 saturated heterocycles. The molecule has 1 rings (SSSR count). The van der Waals surface area contributed by atoms with Crippen molar-refractivity contribution in [3.05, 3.63) is 28.2 Å². The second kappa shape index (κ2) is 6.88. The van der Waals surface area contributed by atoms with Gasteiger partial charge in [0.2, 0.25) is 0 Å². The second-order valence-electron chi connectivity index (χ2n) is 4.97. The first-order chi connectivity index (χ1) is 9.19. The Kier molecular flexibility index (Phi) is 5.74. The Labute approximate surface area is 124 Å². The van der Waals surface area contributed by atoms with E-state index in [-0.39, 0.29) is 18.9 Å². The maximum absolute atomic E-state index is 13.0. The number of amides is 1. The van der Waals surface area contributed by atoms with Crippen molar-refractivity contribution in [3.8, 4) is 5.75 Å². The summed E-state index contributed by atoms with van der Waals surface area (Å²) in [5, 5.41) is 2.49. The SMILES string of the molecule is CC(C)(C)OC(=O)NCCOc1cc(F)c(F)cc1Br. The molecule has 1 aromatic carbocycles. The first-order valence-corrected chi connectivity index (χ1v) is 6.72. The molecule has 1 N–H and O–H groups in total. The molecular weight excluding hydrogens is 336 g/mol. The largest absolute Gasteiger partial charge is 0.490 e. The Morgan fingerprint density at radius 3 is 2.50 bits per heavy atom. The summed E-state index contributed by atoms with van der Waals surface area (Å²) in [5.41, 5.74) is -0.575. The highest BCUT2D eigenvalue weighted by Gasteiger charge is 2.15. The van der Waals surface area contributed by atoms with Crippen molar-refractivity contribution in [2.75, 3.05) is 13.2 Å². The summed E-state index contributed by atoms with van der Waals surface area (Å²) >= 11 is 3.06. The van der Waals surface area contributed by atoms with Crippen molar-refractivity contribution < 1.29 is 23.0 Å². The zero-order chi connectivity index (χ0) is 15.3. The number of alkyl carbamates (subject to hydrolysis) is 1. The van der Waals surface area contributed by atoms with E-state index in [2.05, 4.69) is 21.2 Å². The third kappa shape index (κ3) is 5.73. The van der Waals surface area contributed by atoms with Gasteiger partial charge in [-0.05, 0) is 42.8 Å². The van der Waals surface area contributed by atoms with Crippen LogP contribution < -0.4 is 10.1 Å². The minimum atomic E-state index is -0.997. The number of ether oxygens (including phenoxy) is 2. The average molecular weight is 352 g/mol. The van der Waals surface area contributed by atoms with E-state index in [1.165, 1.54) is 0 Å². The van der Waals surface area contributed by atoms with Gasteiger partial charge in [0, 0.05) is 6.07 Å². The highest BCUT2D eigenvalue weighted by Crippen LogP contribution is 2.27. The van der Waals surface area contributed by atoms with Crippen molar-refractivity contribution in [3.63, 3.8) is 0 Å². The fraction of sp³-hybridized carbons (Fsp3) is 0.462. The number of halogens is 3. The summed E-state index contributed by atoms with van der Waals surface area (Å²) in [6.45, 7) is 5.54. The number of hydrogen-bond donors (Lipinski definition) is 1. The summed E-state index contributed by atoms with van der Waals surface area (Å²) in [4.78, 5) is 11.3. The van der Waals surface area contributed by atoms with E-state index in [4.69, 9.17) is 9.47 Å². The lowest BCUT2D eigenvalue weighted by atomic mass is 10.2. The van der Waals surface area contributed by atoms with Gasteiger partial charge in [-0.25, -0.2) is 13.6 Å². The standard InChI is InChI=1S/C13H16BrF2NO3/c1-13(2,3)20-12(18)17-4-5-19-11-7-10(16)9(15)6-8(11)14/h6-7H,4-5H2,1-3H3,(H,17,18). The zero-order valence-corrected chi connectivity index (χ0v) is 13.0. The molecule has 1 aromatic rings. The van der Waals surface area contributed by atoms with Crippen LogP contribution in [0.1, 0.15) is 20.8 Å². The summed E-state index contributed by atoms with van der Waals surface area (Å²) < 4.78 is 36.4. The Morgan fingerprint density at radius 2 is 1.90 bits per heavy atom. The molecule has 0 aliphatic rings. The monoisotopic (exact) mass is 351 g/mol. The van der Waals surface area contributed by atoms with Crippen LogP contribution in [0.15, 0.2) is 16.6 Å². The van der Waals surface area contributed by atoms with E-state index in [1.807, 2.05) is 0 Å². The molecule has 112 valence electrons. The lowest BCUT2D eigenvalue weighted by molar-refractivity contribution is 0.0520. The summed E-state index contributed by atoms with van der Waals surface area (Å²) in [7, 11) is 0. The van der Waals surface area contributed by atoms with Gasteiger partial charge in [0.25, 0.3) is 0 Å². The van der Waals surface area contributed by atoms with Gasteiger partial charge in [-0.2, -0.15) is 0 Å². The van der Waals surface area contributed by atoms with Gasteiger partial charge in [0.1, 0.15) is 18.0 Å². The molecule has 0 heterocycles. The van der Waals surface area contributed by atoms with Crippen LogP contribution in [0.2, 0.25) is 0 Å². The summed E-state index contributed by atoms with van der Waals surface area (Å²) in [5.74, 6) is -1.80. The Morgan fingerprint density at radius 1 is 1.30 bits per heavy atom. The number of hydrogen-bond acceptors (Lipinski definition) is 3. The predicted molar refractivity (Wildman–Crippen MR) is 73.8 cm³/mol. The van der Waals surface area contributed by atoms with Gasteiger partial charge in [-0.15, -0.1) is 0 Å². The summed E-state index contributed by atoms with van der Waals surface area (Å²) in [6.07, 6.45) is -0.564. The average Bonchev–Trinajstić information content (AvgIpc) is 2.28. The normalized spacial score (nSPS) is 11.1. The molecule has 0 aromatic heterocycles. The van der Waals surface area contributed by atoms with E-state index in [1.54, 1.807) is 20.8 Å². The van der Waals surface area contributed by atoms with Crippen molar-refractivity contribution in [1.29, 1.82) is 0 Å². The molecule has 0 bridgehead atoms. The van der Waals surface area contributed by atoms with Crippen molar-refractivity contribution in [2.24, 2.45) is 0 Å². The van der Waals surface area contributed by atoms with E-state index in [0.29, 0.717) is 4.47 Å². The van der Waals surface area contributed by atoms with Gasteiger partial charge in [0.05, 0.1) is 11.0 Å². The predicted octanol–water partition coefficient (Wildman–Crippen LogP) is 3.63. The maximum atomic E-state index is 13.0. The Hall–Kier alpha value is -1.37. The molecule has 0 unspecified atom stereocenters. The van der Waals surface area contributed by atoms with Crippen LogP contribution in [-0.4, -0.2) is 24.8 Å². The van der Waals surface area contributed by atoms with E-state index >= 15 is 0 Å². The fourth-order valence-corrected chi connectivity index (χ4v) is 1.67. The molecule has 7 heteroatoms. The van der Waals surface area contributed by atoms with Gasteiger partial charge in [-0.3, -0.25) is 0 Å². The van der Waals surface area contributed by atoms with Crippen LogP contribution >= 0.6 is 15.9 Å². The van der Waals surface area contributed by atoms with Crippen LogP contribution in [0.5, 0.6) is 5.75 Å². The first kappa shape index (κ1) is 16.7. The van der Waals surface area contributed by atoms with E-state index < -0.39 is 23.3 Å². The molecule has 0 fully saturated rings. The Balaban J connectivity index is 2.38. The lowest BCUT2D eigenvalue weighted by Gasteiger charge is -2.19. The highest BCUT2D eigenvalue weighted by molar-refractivity contribution is 9.10. The third-order valence-corrected chi connectivity index (χ3v) is 2.62. The number of carbonyl (C=O) groups excluding carboxylic acids is 1. The first-order valence-electron chi connectivity index (χ1n) is 5.93. The van der Waals surface area contributed by atoms with E-state index in [9.17, 15) is 13.6 Å². The van der Waals surface area contributed by atoms with Crippen molar-refractivity contribution >= 4 is 22.0 Å². The third-order valence-electron chi connectivity index (χ3n) is 2.00. The van der Waals surface area contributed by atoms with Crippen LogP contribution in [0.25, 0.3) is 0 Å². The molecular formula is C13H16BrF2NO3. The Bertz CT molecular complexity index is 489. The van der Waals surface area contributed by atoms with E-state index in [0.717, 1.165) is 12.1 Å². The molecule has 0 atom stereocenters. The van der Waals surface area contributed by atoms with Gasteiger partial charge in [-0.1, -0.05) is 0 Å². The van der Waals surface area contributed by atoms with Crippen LogP contribution in [0.3, 0.4) is 0 Å². The smallest absolute Gasteiger partial charge is 0.407 e. The molecule has 4 nitrogen and oxygen atoms in total. The van der Waals surface area contributed by atoms with Gasteiger partial charge in [0.15, 0.2) is 11.6 Å². The fourth-order valence-electron chi connectivity index (χ4n) is 1.24. The second-order valence-corrected chi connectivity index (χ2v) is 5.83. The molecule has 0 aliphatic carbocycles. The molecule has 0 radical (unpaired) electrons. The van der Waals surface area contributed by atoms with Crippen molar-refractivity contribution in [1.82, 2.24) is 5.32 Å². The minimum absolute atomic E-state index is 0.100. The molecule has 1 amide bonds. The highest BCUT2D eigenvalue weighted by atomic mass is 79.9. The molecule has 20 heavy (non-hydrogen) atoms. The van der Waals surface area contributed by atoms with Gasteiger partial charge >= 0.3 is 6.09 Å². The van der Waals surface area contributed by atoms with Crippen LogP contribution in [0, 0.1) is 11.6 Å². The zero-order valence-electron chi connectivity index (χ0n) is 11.4. The lowest BCUT2D eigenvalue weighted by Crippen LogP contribution is -2.34. The number of carbonyl (C=O) groups is 1. The molecule has 0 spiro atoms. The number of rotatable bonds is 4. The van der Waals surface area contributed by atoms with Gasteiger partial charge < -0.3 is 14.8 Å². The van der Waals surface area contributed by atoms with Crippen LogP contribution in [0.4, 0.5) is 13.6 Å². The quantitative estimate of drug-likeness (QED) is 0.665. The number of benzene rings is 1. The maximum Gasteiger partial charge on any atom is 0.407 e. The molecule has 0 aliphatic heterocycles. The number of nitrogens with one attached hydrogen (secondary N) is 1.